The van der Waals surface area contributed by atoms with Crippen molar-refractivity contribution in [3.63, 3.8) is 0 Å². The van der Waals surface area contributed by atoms with Crippen LogP contribution in [-0.2, 0) is 6.61 Å². The molecule has 33 heavy (non-hydrogen) atoms. The van der Waals surface area contributed by atoms with Crippen LogP contribution >= 0.6 is 22.9 Å². The molecule has 0 saturated heterocycles. The summed E-state index contributed by atoms with van der Waals surface area (Å²) in [5, 5.41) is 11.5. The number of rotatable bonds is 5. The maximum atomic E-state index is 14.3. The summed E-state index contributed by atoms with van der Waals surface area (Å²) in [6, 6.07) is 22.6. The Kier molecular flexibility index (Phi) is 5.62. The highest BCUT2D eigenvalue weighted by molar-refractivity contribution is 7.23. The fraction of sp³-hybridized carbons (Fsp3) is 0.0385. The first-order valence-corrected chi connectivity index (χ1v) is 11.3. The van der Waals surface area contributed by atoms with E-state index in [2.05, 4.69) is 4.98 Å². The van der Waals surface area contributed by atoms with E-state index in [0.717, 1.165) is 16.9 Å². The number of fused-ring (bicyclic) bond motifs is 1. The molecule has 0 radical (unpaired) electrons. The van der Waals surface area contributed by atoms with Crippen molar-refractivity contribution in [2.45, 2.75) is 6.61 Å². The zero-order valence-corrected chi connectivity index (χ0v) is 18.7. The predicted molar refractivity (Wildman–Crippen MR) is 131 cm³/mol. The molecule has 4 nitrogen and oxygen atoms in total. The molecular weight excluding hydrogens is 461 g/mol. The molecule has 3 aromatic carbocycles. The number of hydrogen-bond acceptors (Lipinski definition) is 4. The zero-order valence-electron chi connectivity index (χ0n) is 17.1. The minimum absolute atomic E-state index is 0.127. The van der Waals surface area contributed by atoms with Crippen LogP contribution in [0.15, 0.2) is 83.7 Å². The summed E-state index contributed by atoms with van der Waals surface area (Å²) in [6.45, 7) is 0.275. The molecule has 0 amide bonds. The highest BCUT2D eigenvalue weighted by atomic mass is 35.5. The van der Waals surface area contributed by atoms with E-state index in [1.807, 2.05) is 36.4 Å². The topological polar surface area (TPSA) is 62.3 Å². The van der Waals surface area contributed by atoms with Gasteiger partial charge in [0.2, 0.25) is 0 Å². The molecule has 5 rings (SSSR count). The molecule has 0 aliphatic carbocycles. The summed E-state index contributed by atoms with van der Waals surface area (Å²) in [5.74, 6) is -0.273. The maximum absolute atomic E-state index is 14.3. The normalized spacial score (nSPS) is 11.1. The van der Waals surface area contributed by atoms with E-state index in [4.69, 9.17) is 16.3 Å². The van der Waals surface area contributed by atoms with E-state index in [-0.39, 0.29) is 17.9 Å². The van der Waals surface area contributed by atoms with Crippen LogP contribution in [0, 0.1) is 5.82 Å². The molecule has 2 heterocycles. The molecular formula is C26H17ClFNO3S. The molecule has 7 heteroatoms. The second-order valence-corrected chi connectivity index (χ2v) is 9.04. The van der Waals surface area contributed by atoms with Gasteiger partial charge in [0.25, 0.3) is 5.56 Å². The Hall–Kier alpha value is -3.61. The van der Waals surface area contributed by atoms with Gasteiger partial charge in [0.05, 0.1) is 10.9 Å². The van der Waals surface area contributed by atoms with E-state index in [0.29, 0.717) is 37.0 Å². The van der Waals surface area contributed by atoms with Crippen molar-refractivity contribution in [3.8, 4) is 33.8 Å². The second kappa shape index (κ2) is 8.73. The largest absolute Gasteiger partial charge is 0.506 e. The van der Waals surface area contributed by atoms with Crippen molar-refractivity contribution in [1.29, 1.82) is 0 Å². The Morgan fingerprint density at radius 2 is 1.67 bits per heavy atom. The van der Waals surface area contributed by atoms with Gasteiger partial charge < -0.3 is 14.8 Å². The molecule has 0 atom stereocenters. The van der Waals surface area contributed by atoms with E-state index in [9.17, 15) is 14.3 Å². The van der Waals surface area contributed by atoms with Crippen LogP contribution in [0.5, 0.6) is 11.5 Å². The summed E-state index contributed by atoms with van der Waals surface area (Å²) < 4.78 is 20.6. The van der Waals surface area contributed by atoms with Gasteiger partial charge in [-0.3, -0.25) is 4.79 Å². The number of nitrogens with one attached hydrogen (secondary N) is 1. The SMILES string of the molecule is O=c1[nH]c2sc(Cl)c(-c3cc(F)ccc3OCc3ccccc3)c2c(O)c1-c1ccccc1. The quantitative estimate of drug-likeness (QED) is 0.286. The fourth-order valence-electron chi connectivity index (χ4n) is 3.79. The number of halogens is 2. The number of aromatic nitrogens is 1. The van der Waals surface area contributed by atoms with Crippen molar-refractivity contribution in [1.82, 2.24) is 4.98 Å². The maximum Gasteiger partial charge on any atom is 0.260 e. The average molecular weight is 478 g/mol. The first-order chi connectivity index (χ1) is 16.0. The minimum atomic E-state index is -0.473. The summed E-state index contributed by atoms with van der Waals surface area (Å²) in [6.07, 6.45) is 0. The Labute approximate surface area is 197 Å². The first kappa shape index (κ1) is 21.2. The zero-order chi connectivity index (χ0) is 22.9. The molecule has 0 aliphatic rings. The summed E-state index contributed by atoms with van der Waals surface area (Å²) in [4.78, 5) is 16.0. The van der Waals surface area contributed by atoms with Crippen LogP contribution in [0.1, 0.15) is 5.56 Å². The number of thiophene rings is 1. The van der Waals surface area contributed by atoms with Crippen LogP contribution < -0.4 is 10.3 Å². The average Bonchev–Trinajstić information content (AvgIpc) is 3.15. The molecule has 5 aromatic rings. The van der Waals surface area contributed by atoms with E-state index >= 15 is 0 Å². The number of H-pyrrole nitrogens is 1. The monoisotopic (exact) mass is 477 g/mol. The third-order valence-corrected chi connectivity index (χ3v) is 6.62. The smallest absolute Gasteiger partial charge is 0.260 e. The fourth-order valence-corrected chi connectivity index (χ4v) is 5.15. The molecule has 0 saturated carbocycles. The van der Waals surface area contributed by atoms with E-state index < -0.39 is 11.4 Å². The van der Waals surface area contributed by atoms with Gasteiger partial charge in [-0.1, -0.05) is 72.3 Å². The Morgan fingerprint density at radius 3 is 2.39 bits per heavy atom. The van der Waals surface area contributed by atoms with Gasteiger partial charge in [0.1, 0.15) is 33.1 Å². The van der Waals surface area contributed by atoms with Crippen molar-refractivity contribution in [2.75, 3.05) is 0 Å². The van der Waals surface area contributed by atoms with Crippen LogP contribution in [0.4, 0.5) is 4.39 Å². The summed E-state index contributed by atoms with van der Waals surface area (Å²) in [7, 11) is 0. The van der Waals surface area contributed by atoms with Crippen molar-refractivity contribution < 1.29 is 14.2 Å². The molecule has 2 N–H and O–H groups in total. The third-order valence-electron chi connectivity index (χ3n) is 5.30. The lowest BCUT2D eigenvalue weighted by Crippen LogP contribution is -2.08. The minimum Gasteiger partial charge on any atom is -0.506 e. The molecule has 164 valence electrons. The van der Waals surface area contributed by atoms with E-state index in [1.165, 1.54) is 18.2 Å². The molecule has 0 fully saturated rings. The van der Waals surface area contributed by atoms with Gasteiger partial charge in [-0.2, -0.15) is 0 Å². The summed E-state index contributed by atoms with van der Waals surface area (Å²) >= 11 is 7.68. The standard InChI is InChI=1S/C26H17ClFNO3S/c27-24-21(18-13-17(28)11-12-19(18)32-14-15-7-3-1-4-8-15)22-23(30)20(16-9-5-2-6-10-16)25(31)29-26(22)33-24/h1-13H,14H2,(H2,29,30,31). The highest BCUT2D eigenvalue weighted by Gasteiger charge is 2.24. The van der Waals surface area contributed by atoms with Crippen molar-refractivity contribution >= 4 is 33.2 Å². The lowest BCUT2D eigenvalue weighted by Gasteiger charge is -2.13. The van der Waals surface area contributed by atoms with Crippen LogP contribution in [0.2, 0.25) is 4.34 Å². The second-order valence-electron chi connectivity index (χ2n) is 7.41. The lowest BCUT2D eigenvalue weighted by molar-refractivity contribution is 0.307. The number of aromatic hydroxyl groups is 1. The van der Waals surface area contributed by atoms with Crippen molar-refractivity contribution in [2.24, 2.45) is 0 Å². The number of aromatic amines is 1. The van der Waals surface area contributed by atoms with Gasteiger partial charge in [0.15, 0.2) is 0 Å². The van der Waals surface area contributed by atoms with Gasteiger partial charge >= 0.3 is 0 Å². The Morgan fingerprint density at radius 1 is 0.970 bits per heavy atom. The first-order valence-electron chi connectivity index (χ1n) is 10.1. The van der Waals surface area contributed by atoms with Gasteiger partial charge in [-0.25, -0.2) is 4.39 Å². The van der Waals surface area contributed by atoms with Crippen LogP contribution in [-0.4, -0.2) is 10.1 Å². The van der Waals surface area contributed by atoms with Gasteiger partial charge in [-0.05, 0) is 29.3 Å². The molecule has 2 aromatic heterocycles. The third kappa shape index (κ3) is 3.99. The number of pyridine rings is 1. The Balaban J connectivity index is 1.70. The van der Waals surface area contributed by atoms with E-state index in [1.54, 1.807) is 24.3 Å². The Bertz CT molecular complexity index is 1510. The highest BCUT2D eigenvalue weighted by Crippen LogP contribution is 2.49. The van der Waals surface area contributed by atoms with Crippen LogP contribution in [0.25, 0.3) is 32.5 Å². The molecule has 0 unspecified atom stereocenters. The lowest BCUT2D eigenvalue weighted by atomic mass is 10.00. The summed E-state index contributed by atoms with van der Waals surface area (Å²) in [5.41, 5.74) is 2.00. The number of hydrogen-bond donors (Lipinski definition) is 2. The predicted octanol–water partition coefficient (Wildman–Crippen LogP) is 7.00. The molecule has 0 bridgehead atoms. The number of benzene rings is 3. The van der Waals surface area contributed by atoms with Crippen LogP contribution in [0.3, 0.4) is 0 Å². The number of ether oxygens (including phenoxy) is 1. The molecule has 0 spiro atoms. The van der Waals surface area contributed by atoms with Gasteiger partial charge in [-0.15, -0.1) is 11.3 Å². The van der Waals surface area contributed by atoms with Gasteiger partial charge in [0, 0.05) is 11.1 Å². The van der Waals surface area contributed by atoms with Crippen molar-refractivity contribution in [3.05, 3.63) is 105 Å². The molecule has 0 aliphatic heterocycles.